The lowest BCUT2D eigenvalue weighted by Gasteiger charge is -2.32. The predicted octanol–water partition coefficient (Wildman–Crippen LogP) is 4.20. The standard InChI is InChI=1S/C20H22FN3S/c21-17-7-5-15(6-8-17)16-9-11-23(12-10-16)13-14-24-18-3-1-2-4-19(18)25-20(24)22/h1-8,16,22H,9-14H2. The minimum absolute atomic E-state index is 0.160. The van der Waals surface area contributed by atoms with Crippen molar-refractivity contribution in [1.82, 2.24) is 9.47 Å². The quantitative estimate of drug-likeness (QED) is 0.747. The lowest BCUT2D eigenvalue weighted by Crippen LogP contribution is -2.36. The number of likely N-dealkylation sites (tertiary alicyclic amines) is 1. The van der Waals surface area contributed by atoms with E-state index >= 15 is 0 Å². The summed E-state index contributed by atoms with van der Waals surface area (Å²) in [6.45, 7) is 3.98. The van der Waals surface area contributed by atoms with Crippen molar-refractivity contribution in [2.45, 2.75) is 25.3 Å². The molecule has 130 valence electrons. The van der Waals surface area contributed by atoms with Crippen LogP contribution in [0.4, 0.5) is 4.39 Å². The van der Waals surface area contributed by atoms with Crippen LogP contribution in [0, 0.1) is 11.2 Å². The molecule has 0 spiro atoms. The maximum Gasteiger partial charge on any atom is 0.182 e. The highest BCUT2D eigenvalue weighted by molar-refractivity contribution is 7.16. The number of halogens is 1. The van der Waals surface area contributed by atoms with Crippen LogP contribution in [-0.4, -0.2) is 29.1 Å². The molecule has 3 nitrogen and oxygen atoms in total. The highest BCUT2D eigenvalue weighted by Gasteiger charge is 2.20. The van der Waals surface area contributed by atoms with Gasteiger partial charge in [-0.2, -0.15) is 0 Å². The van der Waals surface area contributed by atoms with E-state index in [1.54, 1.807) is 23.5 Å². The molecule has 1 aliphatic heterocycles. The molecule has 1 fully saturated rings. The summed E-state index contributed by atoms with van der Waals surface area (Å²) in [5.74, 6) is 0.380. The van der Waals surface area contributed by atoms with Crippen LogP contribution in [-0.2, 0) is 6.54 Å². The number of benzene rings is 2. The molecule has 4 rings (SSSR count). The van der Waals surface area contributed by atoms with E-state index in [0.29, 0.717) is 10.7 Å². The molecule has 0 radical (unpaired) electrons. The Morgan fingerprint density at radius 2 is 1.72 bits per heavy atom. The van der Waals surface area contributed by atoms with Crippen LogP contribution in [0.1, 0.15) is 24.3 Å². The number of nitrogens with zero attached hydrogens (tertiary/aromatic N) is 2. The molecule has 0 aliphatic carbocycles. The maximum atomic E-state index is 13.1. The molecule has 1 N–H and O–H groups in total. The van der Waals surface area contributed by atoms with Gasteiger partial charge in [-0.25, -0.2) is 4.39 Å². The van der Waals surface area contributed by atoms with E-state index in [0.717, 1.165) is 39.0 Å². The topological polar surface area (TPSA) is 32.0 Å². The number of piperidine rings is 1. The summed E-state index contributed by atoms with van der Waals surface area (Å²) in [5.41, 5.74) is 2.42. The average molecular weight is 355 g/mol. The molecule has 0 amide bonds. The SMILES string of the molecule is N=c1sc2ccccc2n1CCN1CCC(c2ccc(F)cc2)CC1. The lowest BCUT2D eigenvalue weighted by atomic mass is 9.89. The molecule has 1 aromatic heterocycles. The van der Waals surface area contributed by atoms with Gasteiger partial charge in [0.2, 0.25) is 0 Å². The number of hydrogen-bond acceptors (Lipinski definition) is 3. The molecule has 5 heteroatoms. The van der Waals surface area contributed by atoms with Gasteiger partial charge in [-0.1, -0.05) is 35.6 Å². The summed E-state index contributed by atoms with van der Waals surface area (Å²) in [4.78, 5) is 3.11. The molecule has 0 bridgehead atoms. The number of rotatable bonds is 4. The van der Waals surface area contributed by atoms with Gasteiger partial charge in [-0.15, -0.1) is 0 Å². The van der Waals surface area contributed by atoms with E-state index in [9.17, 15) is 4.39 Å². The summed E-state index contributed by atoms with van der Waals surface area (Å²) in [5, 5.41) is 8.21. The maximum absolute atomic E-state index is 13.1. The summed E-state index contributed by atoms with van der Waals surface area (Å²) in [7, 11) is 0. The van der Waals surface area contributed by atoms with Crippen molar-refractivity contribution < 1.29 is 4.39 Å². The first-order valence-corrected chi connectivity index (χ1v) is 9.63. The van der Waals surface area contributed by atoms with Crippen molar-refractivity contribution in [3.63, 3.8) is 0 Å². The van der Waals surface area contributed by atoms with E-state index in [4.69, 9.17) is 5.41 Å². The molecule has 1 saturated heterocycles. The minimum atomic E-state index is -0.160. The Labute approximate surface area is 150 Å². The fraction of sp³-hybridized carbons (Fsp3) is 0.350. The van der Waals surface area contributed by atoms with Gasteiger partial charge < -0.3 is 9.47 Å². The Morgan fingerprint density at radius 1 is 1.00 bits per heavy atom. The summed E-state index contributed by atoms with van der Waals surface area (Å²) >= 11 is 1.54. The highest BCUT2D eigenvalue weighted by Crippen LogP contribution is 2.28. The molecular formula is C20H22FN3S. The Kier molecular flexibility index (Phi) is 4.68. The van der Waals surface area contributed by atoms with Gasteiger partial charge in [0.1, 0.15) is 5.82 Å². The third kappa shape index (κ3) is 3.53. The molecule has 0 unspecified atom stereocenters. The van der Waals surface area contributed by atoms with Crippen LogP contribution in [0.3, 0.4) is 0 Å². The predicted molar refractivity (Wildman–Crippen MR) is 100 cm³/mol. The number of para-hydroxylation sites is 1. The fourth-order valence-corrected chi connectivity index (χ4v) is 4.66. The van der Waals surface area contributed by atoms with Crippen LogP contribution in [0.15, 0.2) is 48.5 Å². The molecular weight excluding hydrogens is 333 g/mol. The Bertz CT molecular complexity index is 905. The minimum Gasteiger partial charge on any atom is -0.316 e. The zero-order valence-electron chi connectivity index (χ0n) is 14.1. The first kappa shape index (κ1) is 16.5. The van der Waals surface area contributed by atoms with Crippen molar-refractivity contribution in [1.29, 1.82) is 5.41 Å². The van der Waals surface area contributed by atoms with E-state index in [-0.39, 0.29) is 5.82 Å². The molecule has 3 aromatic rings. The summed E-state index contributed by atoms with van der Waals surface area (Å²) in [6.07, 6.45) is 2.24. The molecule has 2 aromatic carbocycles. The Balaban J connectivity index is 1.36. The van der Waals surface area contributed by atoms with Crippen LogP contribution >= 0.6 is 11.3 Å². The van der Waals surface area contributed by atoms with Gasteiger partial charge in [-0.05, 0) is 61.7 Å². The third-order valence-electron chi connectivity index (χ3n) is 5.18. The normalized spacial score (nSPS) is 16.5. The molecule has 0 atom stereocenters. The number of nitrogens with one attached hydrogen (secondary N) is 1. The van der Waals surface area contributed by atoms with Crippen LogP contribution in [0.2, 0.25) is 0 Å². The Hall–Kier alpha value is -1.98. The second kappa shape index (κ2) is 7.10. The van der Waals surface area contributed by atoms with Crippen LogP contribution < -0.4 is 4.80 Å². The van der Waals surface area contributed by atoms with Crippen LogP contribution in [0.5, 0.6) is 0 Å². The molecule has 1 aliphatic rings. The zero-order valence-corrected chi connectivity index (χ0v) is 14.9. The second-order valence-corrected chi connectivity index (χ2v) is 7.72. The van der Waals surface area contributed by atoms with E-state index in [2.05, 4.69) is 21.6 Å². The van der Waals surface area contributed by atoms with Gasteiger partial charge in [0.05, 0.1) is 10.2 Å². The summed E-state index contributed by atoms with van der Waals surface area (Å²) in [6, 6.07) is 15.2. The van der Waals surface area contributed by atoms with Crippen LogP contribution in [0.25, 0.3) is 10.2 Å². The van der Waals surface area contributed by atoms with Crippen molar-refractivity contribution >= 4 is 21.6 Å². The largest absolute Gasteiger partial charge is 0.316 e. The lowest BCUT2D eigenvalue weighted by molar-refractivity contribution is 0.205. The average Bonchev–Trinajstić information content (AvgIpc) is 2.96. The van der Waals surface area contributed by atoms with Crippen molar-refractivity contribution in [3.05, 3.63) is 64.7 Å². The number of thiazole rings is 1. The molecule has 2 heterocycles. The van der Waals surface area contributed by atoms with Gasteiger partial charge in [-0.3, -0.25) is 5.41 Å². The number of hydrogen-bond donors (Lipinski definition) is 1. The smallest absolute Gasteiger partial charge is 0.182 e. The number of fused-ring (bicyclic) bond motifs is 1. The Morgan fingerprint density at radius 3 is 2.48 bits per heavy atom. The van der Waals surface area contributed by atoms with Gasteiger partial charge in [0.15, 0.2) is 4.80 Å². The third-order valence-corrected chi connectivity index (χ3v) is 6.16. The first-order valence-electron chi connectivity index (χ1n) is 8.81. The van der Waals surface area contributed by atoms with E-state index < -0.39 is 0 Å². The summed E-state index contributed by atoms with van der Waals surface area (Å²) < 4.78 is 16.4. The second-order valence-electron chi connectivity index (χ2n) is 6.69. The van der Waals surface area contributed by atoms with Gasteiger partial charge >= 0.3 is 0 Å². The van der Waals surface area contributed by atoms with E-state index in [1.807, 2.05) is 24.3 Å². The van der Waals surface area contributed by atoms with Crippen molar-refractivity contribution in [2.24, 2.45) is 0 Å². The monoisotopic (exact) mass is 355 g/mol. The van der Waals surface area contributed by atoms with Gasteiger partial charge in [0.25, 0.3) is 0 Å². The molecule has 0 saturated carbocycles. The van der Waals surface area contributed by atoms with Crippen molar-refractivity contribution in [3.8, 4) is 0 Å². The zero-order chi connectivity index (χ0) is 17.2. The number of aromatic nitrogens is 1. The highest BCUT2D eigenvalue weighted by atomic mass is 32.1. The van der Waals surface area contributed by atoms with Gasteiger partial charge in [0, 0.05) is 13.1 Å². The first-order chi connectivity index (χ1) is 12.2. The molecule has 25 heavy (non-hydrogen) atoms. The van der Waals surface area contributed by atoms with Crippen molar-refractivity contribution in [2.75, 3.05) is 19.6 Å². The van der Waals surface area contributed by atoms with E-state index in [1.165, 1.54) is 15.8 Å². The fourth-order valence-electron chi connectivity index (χ4n) is 3.72.